The van der Waals surface area contributed by atoms with E-state index in [9.17, 15) is 4.79 Å². The number of nitrogens with zero attached hydrogens (tertiary/aromatic N) is 6. The smallest absolute Gasteiger partial charge is 0.223 e. The van der Waals surface area contributed by atoms with E-state index in [0.29, 0.717) is 17.9 Å². The lowest BCUT2D eigenvalue weighted by Crippen LogP contribution is -2.45. The average molecular weight is 464 g/mol. The van der Waals surface area contributed by atoms with Gasteiger partial charge in [0.15, 0.2) is 0 Å². The molecule has 4 heterocycles. The van der Waals surface area contributed by atoms with Crippen LogP contribution >= 0.6 is 0 Å². The molecule has 1 unspecified atom stereocenters. The van der Waals surface area contributed by atoms with Gasteiger partial charge in [0.05, 0.1) is 0 Å². The molecule has 5 rings (SSSR count). The van der Waals surface area contributed by atoms with Gasteiger partial charge in [-0.25, -0.2) is 0 Å². The summed E-state index contributed by atoms with van der Waals surface area (Å²) in [6.07, 6.45) is 3.07. The van der Waals surface area contributed by atoms with Crippen molar-refractivity contribution in [2.45, 2.75) is 51.6 Å². The molecule has 2 fully saturated rings. The molecule has 0 saturated carbocycles. The number of benzene rings is 1. The number of piperidine rings is 1. The Kier molecular flexibility index (Phi) is 6.34. The number of piperazine rings is 1. The van der Waals surface area contributed by atoms with Gasteiger partial charge in [-0.3, -0.25) is 4.79 Å². The molecule has 3 aliphatic heterocycles. The topological polar surface area (TPSA) is 81.8 Å². The van der Waals surface area contributed by atoms with Crippen molar-refractivity contribution in [3.8, 4) is 0 Å². The zero-order chi connectivity index (χ0) is 23.8. The van der Waals surface area contributed by atoms with Crippen molar-refractivity contribution in [2.75, 3.05) is 61.8 Å². The highest BCUT2D eigenvalue weighted by molar-refractivity contribution is 5.73. The molecule has 182 valence electrons. The van der Waals surface area contributed by atoms with Crippen LogP contribution in [0.1, 0.15) is 49.3 Å². The zero-order valence-electron chi connectivity index (χ0n) is 20.7. The Balaban J connectivity index is 1.35. The van der Waals surface area contributed by atoms with Crippen molar-refractivity contribution in [1.82, 2.24) is 19.8 Å². The first-order valence-corrected chi connectivity index (χ1v) is 12.6. The van der Waals surface area contributed by atoms with Gasteiger partial charge in [-0.15, -0.1) is 0 Å². The Labute approximate surface area is 202 Å². The second kappa shape index (κ2) is 9.41. The predicted molar refractivity (Wildman–Crippen MR) is 136 cm³/mol. The third-order valence-electron chi connectivity index (χ3n) is 7.87. The minimum absolute atomic E-state index is 0.189. The van der Waals surface area contributed by atoms with Crippen LogP contribution in [0, 0.1) is 0 Å². The van der Waals surface area contributed by atoms with Gasteiger partial charge in [0.25, 0.3) is 0 Å². The molecule has 0 spiro atoms. The lowest BCUT2D eigenvalue weighted by atomic mass is 9.85. The van der Waals surface area contributed by atoms with Crippen molar-refractivity contribution in [1.29, 1.82) is 0 Å². The molecule has 2 aromatic rings. The molecule has 1 aromatic heterocycles. The van der Waals surface area contributed by atoms with Gasteiger partial charge in [-0.05, 0) is 55.8 Å². The molecule has 1 atom stereocenters. The maximum atomic E-state index is 11.7. The number of hydrogen-bond acceptors (Lipinski definition) is 7. The minimum atomic E-state index is 0.189. The van der Waals surface area contributed by atoms with E-state index >= 15 is 0 Å². The number of carbonyl (C=O) groups excluding carboxylic acids is 1. The third kappa shape index (κ3) is 4.69. The normalized spacial score (nSPS) is 22.1. The van der Waals surface area contributed by atoms with E-state index in [1.807, 2.05) is 4.90 Å². The van der Waals surface area contributed by atoms with E-state index in [2.05, 4.69) is 62.9 Å². The highest BCUT2D eigenvalue weighted by Gasteiger charge is 2.28. The highest BCUT2D eigenvalue weighted by atomic mass is 16.2. The Morgan fingerprint density at radius 2 is 1.68 bits per heavy atom. The van der Waals surface area contributed by atoms with E-state index in [-0.39, 0.29) is 5.91 Å². The molecule has 3 aliphatic rings. The molecule has 8 heteroatoms. The summed E-state index contributed by atoms with van der Waals surface area (Å²) in [6.45, 7) is 10.4. The third-order valence-corrected chi connectivity index (χ3v) is 7.87. The second-order valence-corrected chi connectivity index (χ2v) is 10.2. The van der Waals surface area contributed by atoms with Crippen LogP contribution in [0.25, 0.3) is 0 Å². The van der Waals surface area contributed by atoms with E-state index in [0.717, 1.165) is 76.7 Å². The number of fused-ring (bicyclic) bond motifs is 1. The molecular formula is C26H37N7O. The summed E-state index contributed by atoms with van der Waals surface area (Å²) in [5.74, 6) is 2.90. The molecule has 2 N–H and O–H groups in total. The number of nitrogen functional groups attached to an aromatic ring is 1. The fraction of sp³-hybridized carbons (Fsp3) is 0.577. The van der Waals surface area contributed by atoms with Crippen LogP contribution in [0.2, 0.25) is 0 Å². The van der Waals surface area contributed by atoms with Crippen LogP contribution in [-0.4, -0.2) is 78.0 Å². The van der Waals surface area contributed by atoms with E-state index < -0.39 is 0 Å². The zero-order valence-corrected chi connectivity index (χ0v) is 20.7. The van der Waals surface area contributed by atoms with Gasteiger partial charge in [0.1, 0.15) is 11.6 Å². The molecular weight excluding hydrogens is 426 g/mol. The van der Waals surface area contributed by atoms with Crippen molar-refractivity contribution in [3.05, 3.63) is 41.0 Å². The Hall–Kier alpha value is -2.87. The molecule has 0 radical (unpaired) electrons. The fourth-order valence-electron chi connectivity index (χ4n) is 5.63. The lowest BCUT2D eigenvalue weighted by Gasteiger charge is -2.38. The number of nitrogens with two attached hydrogens (primary N) is 1. The largest absolute Gasteiger partial charge is 0.368 e. The van der Waals surface area contributed by atoms with Crippen LogP contribution in [0.5, 0.6) is 0 Å². The van der Waals surface area contributed by atoms with Gasteiger partial charge in [0.2, 0.25) is 11.9 Å². The summed E-state index contributed by atoms with van der Waals surface area (Å²) in [5, 5.41) is 0. The maximum absolute atomic E-state index is 11.7. The first kappa shape index (κ1) is 22.9. The summed E-state index contributed by atoms with van der Waals surface area (Å²) in [4.78, 5) is 29.9. The molecule has 0 aliphatic carbocycles. The predicted octanol–water partition coefficient (Wildman–Crippen LogP) is 2.49. The van der Waals surface area contributed by atoms with Crippen molar-refractivity contribution < 1.29 is 4.79 Å². The maximum Gasteiger partial charge on any atom is 0.223 e. The number of likely N-dealkylation sites (tertiary alicyclic amines) is 1. The monoisotopic (exact) mass is 463 g/mol. The van der Waals surface area contributed by atoms with Gasteiger partial charge in [-0.2, -0.15) is 9.97 Å². The Bertz CT molecular complexity index is 1040. The molecule has 0 bridgehead atoms. The first-order chi connectivity index (χ1) is 16.4. The van der Waals surface area contributed by atoms with Crippen molar-refractivity contribution in [3.63, 3.8) is 0 Å². The number of anilines is 3. The standard InChI is InChI=1S/C26H37N7O/c1-18-14-21-4-5-22(20-6-8-31(9-7-20)19(2)34)15-23(21)17-33(18)25-16-24(28-26(27)29-25)32-12-10-30(3)11-13-32/h4-5,15-16,18,20H,6-14,17H2,1-3H3,(H2,27,28,29). The molecule has 2 saturated heterocycles. The van der Waals surface area contributed by atoms with Crippen LogP contribution in [0.15, 0.2) is 24.3 Å². The average Bonchev–Trinajstić information content (AvgIpc) is 2.83. The van der Waals surface area contributed by atoms with Crippen molar-refractivity contribution >= 4 is 23.5 Å². The minimum Gasteiger partial charge on any atom is -0.368 e. The first-order valence-electron chi connectivity index (χ1n) is 12.6. The number of likely N-dealkylation sites (N-methyl/N-ethyl adjacent to an activating group) is 1. The van der Waals surface area contributed by atoms with Crippen molar-refractivity contribution in [2.24, 2.45) is 0 Å². The van der Waals surface area contributed by atoms with E-state index in [4.69, 9.17) is 5.73 Å². The van der Waals surface area contributed by atoms with Gasteiger partial charge >= 0.3 is 0 Å². The summed E-state index contributed by atoms with van der Waals surface area (Å²) >= 11 is 0. The number of hydrogen-bond donors (Lipinski definition) is 1. The van der Waals surface area contributed by atoms with Crippen LogP contribution in [-0.2, 0) is 17.8 Å². The van der Waals surface area contributed by atoms with Crippen LogP contribution in [0.3, 0.4) is 0 Å². The highest BCUT2D eigenvalue weighted by Crippen LogP contribution is 2.34. The number of carbonyl (C=O) groups is 1. The molecule has 34 heavy (non-hydrogen) atoms. The fourth-order valence-corrected chi connectivity index (χ4v) is 5.63. The molecule has 1 aromatic carbocycles. The summed E-state index contributed by atoms with van der Waals surface area (Å²) in [6, 6.07) is 9.48. The van der Waals surface area contributed by atoms with E-state index in [1.165, 1.54) is 16.7 Å². The lowest BCUT2D eigenvalue weighted by molar-refractivity contribution is -0.129. The second-order valence-electron chi connectivity index (χ2n) is 10.2. The summed E-state index contributed by atoms with van der Waals surface area (Å²) in [5.41, 5.74) is 10.4. The van der Waals surface area contributed by atoms with Gasteiger partial charge < -0.3 is 25.3 Å². The SMILES string of the molecule is CC(=O)N1CCC(c2ccc3c(c2)CN(c2cc(N4CCN(C)CC4)nc(N)n2)C(C)C3)CC1. The Morgan fingerprint density at radius 1 is 0.971 bits per heavy atom. The van der Waals surface area contributed by atoms with Crippen LogP contribution < -0.4 is 15.5 Å². The van der Waals surface area contributed by atoms with Gasteiger partial charge in [-0.1, -0.05) is 18.2 Å². The molecule has 1 amide bonds. The Morgan fingerprint density at radius 3 is 2.38 bits per heavy atom. The number of rotatable bonds is 3. The van der Waals surface area contributed by atoms with E-state index in [1.54, 1.807) is 6.92 Å². The summed E-state index contributed by atoms with van der Waals surface area (Å²) < 4.78 is 0. The summed E-state index contributed by atoms with van der Waals surface area (Å²) in [7, 11) is 2.16. The van der Waals surface area contributed by atoms with Gasteiger partial charge in [0, 0.05) is 64.8 Å². The van der Waals surface area contributed by atoms with Crippen LogP contribution in [0.4, 0.5) is 17.6 Å². The molecule has 8 nitrogen and oxygen atoms in total. The number of aromatic nitrogens is 2. The quantitative estimate of drug-likeness (QED) is 0.749. The number of amides is 1.